The molecule has 6 aromatic rings. The largest absolute Gasteiger partial charge is 0.309 e. The summed E-state index contributed by atoms with van der Waals surface area (Å²) in [7, 11) is 0. The molecule has 2 heterocycles. The highest BCUT2D eigenvalue weighted by atomic mass is 15.0. The molecule has 4 nitrogen and oxygen atoms in total. The van der Waals surface area contributed by atoms with Crippen molar-refractivity contribution in [3.8, 4) is 34.3 Å². The number of hydrogen-bond acceptors (Lipinski definition) is 3. The number of nitrogens with zero attached hydrogens (tertiary/aromatic N) is 4. The highest BCUT2D eigenvalue weighted by Gasteiger charge is 2.37. The Balaban J connectivity index is 1.41. The monoisotopic (exact) mass is 462 g/mol. The lowest BCUT2D eigenvalue weighted by Crippen LogP contribution is -2.17. The van der Waals surface area contributed by atoms with E-state index in [1.165, 1.54) is 16.3 Å². The second-order valence-electron chi connectivity index (χ2n) is 9.87. The maximum Gasteiger partial charge on any atom is 0.159 e. The van der Waals surface area contributed by atoms with Crippen LogP contribution in [0.2, 0.25) is 0 Å². The van der Waals surface area contributed by atoms with Crippen molar-refractivity contribution < 1.29 is 0 Å². The Kier molecular flexibility index (Phi) is 4.22. The summed E-state index contributed by atoms with van der Waals surface area (Å²) in [5.74, 6) is 0.716. The van der Waals surface area contributed by atoms with Crippen LogP contribution in [0.25, 0.3) is 50.0 Å². The average molecular weight is 463 g/mol. The van der Waals surface area contributed by atoms with E-state index in [4.69, 9.17) is 9.97 Å². The van der Waals surface area contributed by atoms with Crippen LogP contribution in [0.15, 0.2) is 97.2 Å². The second-order valence-corrected chi connectivity index (χ2v) is 9.87. The molecule has 0 amide bonds. The molecule has 0 N–H and O–H groups in total. The van der Waals surface area contributed by atoms with Crippen molar-refractivity contribution in [2.45, 2.75) is 19.3 Å². The minimum Gasteiger partial charge on any atom is -0.309 e. The van der Waals surface area contributed by atoms with Crippen molar-refractivity contribution in [2.75, 3.05) is 0 Å². The SMILES string of the molecule is CC1(C)c2cc(C#N)ccc2-c2cnc(-c3ccc4c(c3)c3ccccc3n4-c3ccccc3)nc21. The van der Waals surface area contributed by atoms with Crippen LogP contribution in [0, 0.1) is 11.3 Å². The molecule has 7 rings (SSSR count). The zero-order valence-corrected chi connectivity index (χ0v) is 20.0. The second kappa shape index (κ2) is 7.37. The molecule has 2 aromatic heterocycles. The first-order chi connectivity index (χ1) is 17.6. The van der Waals surface area contributed by atoms with E-state index < -0.39 is 0 Å². The Bertz CT molecular complexity index is 1870. The number of benzene rings is 4. The normalized spacial score (nSPS) is 13.5. The summed E-state index contributed by atoms with van der Waals surface area (Å²) in [4.78, 5) is 9.89. The van der Waals surface area contributed by atoms with Gasteiger partial charge in [-0.15, -0.1) is 0 Å². The van der Waals surface area contributed by atoms with Gasteiger partial charge in [0.2, 0.25) is 0 Å². The molecule has 0 fully saturated rings. The van der Waals surface area contributed by atoms with Gasteiger partial charge < -0.3 is 4.57 Å². The number of hydrogen-bond donors (Lipinski definition) is 0. The molecule has 0 aliphatic heterocycles. The molecule has 0 radical (unpaired) electrons. The summed E-state index contributed by atoms with van der Waals surface area (Å²) in [6.45, 7) is 4.35. The first-order valence-electron chi connectivity index (χ1n) is 12.1. The molecule has 36 heavy (non-hydrogen) atoms. The molecule has 0 spiro atoms. The topological polar surface area (TPSA) is 54.5 Å². The van der Waals surface area contributed by atoms with Gasteiger partial charge in [0.15, 0.2) is 5.82 Å². The van der Waals surface area contributed by atoms with E-state index in [2.05, 4.69) is 91.2 Å². The van der Waals surface area contributed by atoms with Gasteiger partial charge in [0.1, 0.15) is 0 Å². The van der Waals surface area contributed by atoms with Crippen molar-refractivity contribution in [2.24, 2.45) is 0 Å². The van der Waals surface area contributed by atoms with Crippen LogP contribution >= 0.6 is 0 Å². The third-order valence-corrected chi connectivity index (χ3v) is 7.44. The maximum atomic E-state index is 9.41. The Morgan fingerprint density at radius 2 is 1.56 bits per heavy atom. The quantitative estimate of drug-likeness (QED) is 0.269. The fraction of sp³-hybridized carbons (Fsp3) is 0.0938. The summed E-state index contributed by atoms with van der Waals surface area (Å²) in [6.07, 6.45) is 1.94. The van der Waals surface area contributed by atoms with Crippen molar-refractivity contribution in [1.82, 2.24) is 14.5 Å². The summed E-state index contributed by atoms with van der Waals surface area (Å²) >= 11 is 0. The number of fused-ring (bicyclic) bond motifs is 6. The van der Waals surface area contributed by atoms with Gasteiger partial charge in [-0.1, -0.05) is 56.3 Å². The van der Waals surface area contributed by atoms with Gasteiger partial charge in [-0.25, -0.2) is 9.97 Å². The lowest BCUT2D eigenvalue weighted by Gasteiger charge is -2.20. The van der Waals surface area contributed by atoms with Crippen LogP contribution in [0.4, 0.5) is 0 Å². The summed E-state index contributed by atoms with van der Waals surface area (Å²) in [6, 6.07) is 33.6. The van der Waals surface area contributed by atoms with Gasteiger partial charge in [0.05, 0.1) is 28.4 Å². The molecule has 0 saturated heterocycles. The lowest BCUT2D eigenvalue weighted by atomic mass is 9.84. The molecule has 0 atom stereocenters. The predicted molar refractivity (Wildman–Crippen MR) is 144 cm³/mol. The molecule has 1 aliphatic carbocycles. The average Bonchev–Trinajstić information content (AvgIpc) is 3.37. The van der Waals surface area contributed by atoms with Gasteiger partial charge in [0.25, 0.3) is 0 Å². The molecule has 0 bridgehead atoms. The highest BCUT2D eigenvalue weighted by molar-refractivity contribution is 6.10. The fourth-order valence-corrected chi connectivity index (χ4v) is 5.66. The number of rotatable bonds is 2. The van der Waals surface area contributed by atoms with E-state index in [0.717, 1.165) is 39.2 Å². The van der Waals surface area contributed by atoms with Crippen LogP contribution in [-0.4, -0.2) is 14.5 Å². The van der Waals surface area contributed by atoms with E-state index in [1.54, 1.807) is 0 Å². The molecule has 1 aliphatic rings. The van der Waals surface area contributed by atoms with Gasteiger partial charge >= 0.3 is 0 Å². The number of para-hydroxylation sites is 2. The smallest absolute Gasteiger partial charge is 0.159 e. The van der Waals surface area contributed by atoms with Crippen LogP contribution in [0.3, 0.4) is 0 Å². The Morgan fingerprint density at radius 1 is 0.778 bits per heavy atom. The van der Waals surface area contributed by atoms with Gasteiger partial charge in [0, 0.05) is 39.2 Å². The maximum absolute atomic E-state index is 9.41. The van der Waals surface area contributed by atoms with Crippen LogP contribution in [-0.2, 0) is 5.41 Å². The third-order valence-electron chi connectivity index (χ3n) is 7.44. The van der Waals surface area contributed by atoms with E-state index in [-0.39, 0.29) is 5.41 Å². The lowest BCUT2D eigenvalue weighted by molar-refractivity contribution is 0.635. The van der Waals surface area contributed by atoms with Gasteiger partial charge in [-0.3, -0.25) is 0 Å². The van der Waals surface area contributed by atoms with Crippen molar-refractivity contribution in [3.63, 3.8) is 0 Å². The van der Waals surface area contributed by atoms with E-state index >= 15 is 0 Å². The van der Waals surface area contributed by atoms with Crippen LogP contribution in [0.1, 0.15) is 30.7 Å². The third kappa shape index (κ3) is 2.80. The highest BCUT2D eigenvalue weighted by Crippen LogP contribution is 2.48. The molecule has 170 valence electrons. The Hall–Kier alpha value is -4.75. The van der Waals surface area contributed by atoms with Crippen LogP contribution < -0.4 is 0 Å². The Labute approximate surface area is 209 Å². The summed E-state index contributed by atoms with van der Waals surface area (Å²) < 4.78 is 2.31. The first-order valence-corrected chi connectivity index (χ1v) is 12.1. The van der Waals surface area contributed by atoms with Crippen molar-refractivity contribution in [3.05, 3.63) is 114 Å². The predicted octanol–water partition coefficient (Wildman–Crippen LogP) is 7.42. The zero-order chi connectivity index (χ0) is 24.4. The molecule has 0 unspecified atom stereocenters. The molecule has 4 heteroatoms. The zero-order valence-electron chi connectivity index (χ0n) is 20.0. The van der Waals surface area contributed by atoms with Crippen molar-refractivity contribution in [1.29, 1.82) is 5.26 Å². The van der Waals surface area contributed by atoms with E-state index in [0.29, 0.717) is 11.4 Å². The molecular weight excluding hydrogens is 440 g/mol. The van der Waals surface area contributed by atoms with E-state index in [1.807, 2.05) is 30.5 Å². The van der Waals surface area contributed by atoms with Gasteiger partial charge in [-0.05, 0) is 59.7 Å². The van der Waals surface area contributed by atoms with Gasteiger partial charge in [-0.2, -0.15) is 5.26 Å². The molecule has 4 aromatic carbocycles. The fourth-order valence-electron chi connectivity index (χ4n) is 5.66. The minimum absolute atomic E-state index is 0.303. The van der Waals surface area contributed by atoms with Crippen LogP contribution in [0.5, 0.6) is 0 Å². The van der Waals surface area contributed by atoms with E-state index in [9.17, 15) is 5.26 Å². The number of aromatic nitrogens is 3. The van der Waals surface area contributed by atoms with Crippen molar-refractivity contribution >= 4 is 21.8 Å². The summed E-state index contributed by atoms with van der Waals surface area (Å²) in [5.41, 5.74) is 9.12. The standard InChI is InChI=1S/C32H22N4/c1-32(2)27-16-20(18-33)12-14-23(27)26-19-34-31(35-30(26)32)21-13-15-29-25(17-21)24-10-6-7-11-28(24)36(29)22-8-4-3-5-9-22/h3-17,19H,1-2H3. The molecule has 0 saturated carbocycles. The summed E-state index contributed by atoms with van der Waals surface area (Å²) in [5, 5.41) is 11.8. The molecular formula is C32H22N4. The number of nitriles is 1. The first kappa shape index (κ1) is 20.6. The Morgan fingerprint density at radius 3 is 2.39 bits per heavy atom. The minimum atomic E-state index is -0.303.